The van der Waals surface area contributed by atoms with Crippen LogP contribution in [0.1, 0.15) is 17.2 Å². The molecule has 0 aliphatic rings. The van der Waals surface area contributed by atoms with Gasteiger partial charge in [0.25, 0.3) is 0 Å². The largest absolute Gasteiger partial charge is 0.497 e. The number of rotatable bonds is 3. The summed E-state index contributed by atoms with van der Waals surface area (Å²) in [5.41, 5.74) is 6.07. The van der Waals surface area contributed by atoms with Crippen LogP contribution in [-0.4, -0.2) is 7.11 Å². The molecule has 2 N–H and O–H groups in total. The number of benzene rings is 2. The highest BCUT2D eigenvalue weighted by Crippen LogP contribution is 2.31. The summed E-state index contributed by atoms with van der Waals surface area (Å²) in [6, 6.07) is 5.68. The Morgan fingerprint density at radius 3 is 1.95 bits per heavy atom. The Bertz CT molecular complexity index is 606. The minimum atomic E-state index is -1.02. The SMILES string of the molecule is COc1cc(F)c(C(N)c2cc(Cl)cc(Cl)c2)c(F)c1. The summed E-state index contributed by atoms with van der Waals surface area (Å²) in [7, 11) is 1.32. The van der Waals surface area contributed by atoms with E-state index < -0.39 is 17.7 Å². The van der Waals surface area contributed by atoms with Crippen molar-refractivity contribution in [1.82, 2.24) is 0 Å². The van der Waals surface area contributed by atoms with Crippen molar-refractivity contribution in [3.05, 3.63) is 63.1 Å². The predicted octanol–water partition coefficient (Wildman–Crippen LogP) is 4.33. The first kappa shape index (κ1) is 15.0. The van der Waals surface area contributed by atoms with Gasteiger partial charge in [0.15, 0.2) is 0 Å². The molecular weight excluding hydrogens is 307 g/mol. The molecule has 2 aromatic rings. The van der Waals surface area contributed by atoms with Gasteiger partial charge in [0.2, 0.25) is 0 Å². The van der Waals surface area contributed by atoms with E-state index >= 15 is 0 Å². The molecule has 2 nitrogen and oxygen atoms in total. The van der Waals surface area contributed by atoms with Crippen molar-refractivity contribution in [2.45, 2.75) is 6.04 Å². The van der Waals surface area contributed by atoms with Crippen LogP contribution in [0.5, 0.6) is 5.75 Å². The second-order valence-electron chi connectivity index (χ2n) is 4.19. The Hall–Kier alpha value is -1.36. The highest BCUT2D eigenvalue weighted by Gasteiger charge is 2.20. The standard InChI is InChI=1S/C14H11Cl2F2NO/c1-20-10-5-11(17)13(12(18)6-10)14(19)7-2-8(15)4-9(16)3-7/h2-6,14H,19H2,1H3. The Balaban J connectivity index is 2.50. The van der Waals surface area contributed by atoms with Gasteiger partial charge < -0.3 is 10.5 Å². The molecule has 0 bridgehead atoms. The average Bonchev–Trinajstić information content (AvgIpc) is 2.36. The summed E-state index contributed by atoms with van der Waals surface area (Å²) >= 11 is 11.7. The van der Waals surface area contributed by atoms with Crippen LogP contribution >= 0.6 is 23.2 Å². The van der Waals surface area contributed by atoms with Crippen molar-refractivity contribution in [3.8, 4) is 5.75 Å². The number of nitrogens with two attached hydrogens (primary N) is 1. The third-order valence-electron chi connectivity index (χ3n) is 2.84. The fraction of sp³-hybridized carbons (Fsp3) is 0.143. The minimum Gasteiger partial charge on any atom is -0.497 e. The summed E-state index contributed by atoms with van der Waals surface area (Å²) in [5.74, 6) is -1.49. The quantitative estimate of drug-likeness (QED) is 0.914. The second-order valence-corrected chi connectivity index (χ2v) is 5.06. The highest BCUT2D eigenvalue weighted by molar-refractivity contribution is 6.34. The topological polar surface area (TPSA) is 35.2 Å². The second kappa shape index (κ2) is 5.95. The van der Waals surface area contributed by atoms with E-state index in [9.17, 15) is 8.78 Å². The smallest absolute Gasteiger partial charge is 0.134 e. The molecule has 6 heteroatoms. The molecule has 0 aliphatic heterocycles. The van der Waals surface area contributed by atoms with Crippen LogP contribution in [0, 0.1) is 11.6 Å². The van der Waals surface area contributed by atoms with Gasteiger partial charge >= 0.3 is 0 Å². The summed E-state index contributed by atoms with van der Waals surface area (Å²) in [4.78, 5) is 0. The fourth-order valence-electron chi connectivity index (χ4n) is 1.90. The lowest BCUT2D eigenvalue weighted by Crippen LogP contribution is -2.16. The first-order valence-electron chi connectivity index (χ1n) is 5.67. The van der Waals surface area contributed by atoms with Gasteiger partial charge in [-0.25, -0.2) is 8.78 Å². The van der Waals surface area contributed by atoms with Gasteiger partial charge in [-0.3, -0.25) is 0 Å². The van der Waals surface area contributed by atoms with Crippen LogP contribution in [0.4, 0.5) is 8.78 Å². The van der Waals surface area contributed by atoms with Crippen LogP contribution in [0.15, 0.2) is 30.3 Å². The lowest BCUT2D eigenvalue weighted by Gasteiger charge is -2.16. The van der Waals surface area contributed by atoms with E-state index in [0.717, 1.165) is 12.1 Å². The van der Waals surface area contributed by atoms with E-state index in [1.165, 1.54) is 25.3 Å². The number of hydrogen-bond acceptors (Lipinski definition) is 2. The summed E-state index contributed by atoms with van der Waals surface area (Å²) in [6.07, 6.45) is 0. The van der Waals surface area contributed by atoms with Crippen molar-refractivity contribution < 1.29 is 13.5 Å². The zero-order chi connectivity index (χ0) is 14.9. The Morgan fingerprint density at radius 2 is 1.50 bits per heavy atom. The average molecular weight is 318 g/mol. The van der Waals surface area contributed by atoms with Gasteiger partial charge in [0.1, 0.15) is 17.4 Å². The molecule has 2 rings (SSSR count). The van der Waals surface area contributed by atoms with Crippen molar-refractivity contribution in [2.75, 3.05) is 7.11 Å². The van der Waals surface area contributed by atoms with E-state index in [1.807, 2.05) is 0 Å². The molecule has 0 radical (unpaired) electrons. The molecule has 0 heterocycles. The third-order valence-corrected chi connectivity index (χ3v) is 3.28. The summed E-state index contributed by atoms with van der Waals surface area (Å²) < 4.78 is 32.7. The molecule has 2 aromatic carbocycles. The van der Waals surface area contributed by atoms with Crippen molar-refractivity contribution in [3.63, 3.8) is 0 Å². The molecule has 1 atom stereocenters. The van der Waals surface area contributed by atoms with E-state index in [1.54, 1.807) is 0 Å². The van der Waals surface area contributed by atoms with Gasteiger partial charge in [-0.2, -0.15) is 0 Å². The van der Waals surface area contributed by atoms with Crippen LogP contribution in [0.25, 0.3) is 0 Å². The van der Waals surface area contributed by atoms with Gasteiger partial charge in [0.05, 0.1) is 13.2 Å². The van der Waals surface area contributed by atoms with Gasteiger partial charge in [0, 0.05) is 27.7 Å². The number of halogens is 4. The maximum Gasteiger partial charge on any atom is 0.134 e. The lowest BCUT2D eigenvalue weighted by molar-refractivity contribution is 0.404. The normalized spacial score (nSPS) is 12.3. The fourth-order valence-corrected chi connectivity index (χ4v) is 2.44. The van der Waals surface area contributed by atoms with Gasteiger partial charge in [-0.05, 0) is 23.8 Å². The molecule has 0 saturated heterocycles. The molecule has 20 heavy (non-hydrogen) atoms. The van der Waals surface area contributed by atoms with Gasteiger partial charge in [-0.1, -0.05) is 23.2 Å². The van der Waals surface area contributed by atoms with Crippen molar-refractivity contribution in [1.29, 1.82) is 0 Å². The Morgan fingerprint density at radius 1 is 1.00 bits per heavy atom. The molecular formula is C14H11Cl2F2NO. The molecule has 0 saturated carbocycles. The number of hydrogen-bond donors (Lipinski definition) is 1. The maximum atomic E-state index is 14.0. The molecule has 0 aromatic heterocycles. The van der Waals surface area contributed by atoms with E-state index in [-0.39, 0.29) is 11.3 Å². The molecule has 0 aliphatic carbocycles. The first-order valence-corrected chi connectivity index (χ1v) is 6.42. The summed E-state index contributed by atoms with van der Waals surface area (Å²) in [6.45, 7) is 0. The van der Waals surface area contributed by atoms with Crippen molar-refractivity contribution in [2.24, 2.45) is 5.73 Å². The van der Waals surface area contributed by atoms with Crippen LogP contribution in [0.3, 0.4) is 0 Å². The molecule has 0 amide bonds. The predicted molar refractivity (Wildman–Crippen MR) is 75.4 cm³/mol. The highest BCUT2D eigenvalue weighted by atomic mass is 35.5. The lowest BCUT2D eigenvalue weighted by atomic mass is 9.98. The van der Waals surface area contributed by atoms with Crippen LogP contribution in [0.2, 0.25) is 10.0 Å². The van der Waals surface area contributed by atoms with E-state index in [0.29, 0.717) is 15.6 Å². The van der Waals surface area contributed by atoms with E-state index in [2.05, 4.69) is 0 Å². The van der Waals surface area contributed by atoms with Crippen molar-refractivity contribution >= 4 is 23.2 Å². The van der Waals surface area contributed by atoms with Crippen LogP contribution in [-0.2, 0) is 0 Å². The van der Waals surface area contributed by atoms with Gasteiger partial charge in [-0.15, -0.1) is 0 Å². The number of methoxy groups -OCH3 is 1. The van der Waals surface area contributed by atoms with E-state index in [4.69, 9.17) is 33.7 Å². The molecule has 0 spiro atoms. The Kier molecular flexibility index (Phi) is 4.48. The minimum absolute atomic E-state index is 0.0834. The number of ether oxygens (including phenoxy) is 1. The molecule has 1 unspecified atom stereocenters. The monoisotopic (exact) mass is 317 g/mol. The Labute approximate surface area is 125 Å². The zero-order valence-corrected chi connectivity index (χ0v) is 12.0. The molecule has 106 valence electrons. The zero-order valence-electron chi connectivity index (χ0n) is 10.5. The maximum absolute atomic E-state index is 14.0. The summed E-state index contributed by atoms with van der Waals surface area (Å²) in [5, 5.41) is 0.689. The first-order chi connectivity index (χ1) is 9.42. The van der Waals surface area contributed by atoms with Crippen LogP contribution < -0.4 is 10.5 Å². The molecule has 0 fully saturated rings. The third kappa shape index (κ3) is 3.03.